The van der Waals surface area contributed by atoms with Gasteiger partial charge in [-0.1, -0.05) is 20.8 Å². The molecule has 0 atom stereocenters. The molecule has 0 amide bonds. The Morgan fingerprint density at radius 2 is 1.53 bits per heavy atom. The van der Waals surface area contributed by atoms with Crippen LogP contribution in [0.4, 0.5) is 0 Å². The molecule has 1 heteroatoms. The van der Waals surface area contributed by atoms with Gasteiger partial charge in [0.15, 0.2) is 0 Å². The zero-order valence-corrected chi connectivity index (χ0v) is 12.4. The van der Waals surface area contributed by atoms with Crippen molar-refractivity contribution in [3.63, 3.8) is 0 Å². The fraction of sp³-hybridized carbons (Fsp3) is 0.500. The Kier molecular flexibility index (Phi) is 9.47. The summed E-state index contributed by atoms with van der Waals surface area (Å²) in [5, 5.41) is 0. The largest absolute Gasteiger partial charge is 2.00 e. The maximum atomic E-state index is 3.21. The normalized spacial score (nSPS) is 10.1. The van der Waals surface area contributed by atoms with Crippen molar-refractivity contribution in [1.29, 1.82) is 0 Å². The molecule has 80 valence electrons. The van der Waals surface area contributed by atoms with E-state index in [0.29, 0.717) is 0 Å². The van der Waals surface area contributed by atoms with E-state index in [4.69, 9.17) is 0 Å². The van der Waals surface area contributed by atoms with Gasteiger partial charge in [0.25, 0.3) is 0 Å². The van der Waals surface area contributed by atoms with Gasteiger partial charge in [-0.15, -0.1) is 0 Å². The van der Waals surface area contributed by atoms with Crippen molar-refractivity contribution in [3.8, 4) is 0 Å². The van der Waals surface area contributed by atoms with E-state index in [0.717, 1.165) is 0 Å². The van der Waals surface area contributed by atoms with Crippen LogP contribution in [0.3, 0.4) is 0 Å². The summed E-state index contributed by atoms with van der Waals surface area (Å²) in [7, 11) is 0. The molecule has 0 aliphatic carbocycles. The molecule has 15 heavy (non-hydrogen) atoms. The van der Waals surface area contributed by atoms with E-state index in [2.05, 4.69) is 59.7 Å². The first-order valence-corrected chi connectivity index (χ1v) is 5.08. The summed E-state index contributed by atoms with van der Waals surface area (Å²) < 4.78 is 0. The molecular formula is C14H22Mg. The molecule has 0 unspecified atom stereocenters. The van der Waals surface area contributed by atoms with Crippen LogP contribution in [-0.4, -0.2) is 23.1 Å². The summed E-state index contributed by atoms with van der Waals surface area (Å²) in [6.07, 6.45) is 0. The molecule has 0 heterocycles. The van der Waals surface area contributed by atoms with Gasteiger partial charge in [-0.25, -0.2) is 0 Å². The van der Waals surface area contributed by atoms with E-state index in [9.17, 15) is 0 Å². The Balaban J connectivity index is 0. The SMILES string of the molecule is CC(C)(C)c1[c-]cccc1.C[C-](C)C.[Mg+2]. The summed E-state index contributed by atoms with van der Waals surface area (Å²) >= 11 is 0. The molecule has 0 nitrogen and oxygen atoms in total. The van der Waals surface area contributed by atoms with Gasteiger partial charge in [-0.05, 0) is 5.41 Å². The van der Waals surface area contributed by atoms with E-state index in [1.807, 2.05) is 12.1 Å². The van der Waals surface area contributed by atoms with Crippen LogP contribution in [0.15, 0.2) is 24.3 Å². The van der Waals surface area contributed by atoms with Gasteiger partial charge in [-0.2, -0.15) is 56.7 Å². The quantitative estimate of drug-likeness (QED) is 0.452. The van der Waals surface area contributed by atoms with Gasteiger partial charge in [0, 0.05) is 0 Å². The van der Waals surface area contributed by atoms with E-state index in [-0.39, 0.29) is 28.5 Å². The Bertz CT molecular complexity index is 229. The van der Waals surface area contributed by atoms with Crippen molar-refractivity contribution in [2.45, 2.75) is 47.0 Å². The maximum absolute atomic E-state index is 3.21. The van der Waals surface area contributed by atoms with Crippen molar-refractivity contribution in [3.05, 3.63) is 41.8 Å². The first-order chi connectivity index (χ1) is 6.34. The summed E-state index contributed by atoms with van der Waals surface area (Å²) in [5.74, 6) is 1.42. The second-order valence-electron chi connectivity index (χ2n) is 5.03. The fourth-order valence-electron chi connectivity index (χ4n) is 0.860. The summed E-state index contributed by atoms with van der Waals surface area (Å²) in [5.41, 5.74) is 1.51. The topological polar surface area (TPSA) is 0 Å². The maximum Gasteiger partial charge on any atom is 2.00 e. The third-order valence-corrected chi connectivity index (χ3v) is 1.52. The molecule has 1 aromatic rings. The van der Waals surface area contributed by atoms with Crippen LogP contribution in [0.5, 0.6) is 0 Å². The Hall–Kier alpha value is -0.0138. The van der Waals surface area contributed by atoms with Gasteiger partial charge in [0.05, 0.1) is 0 Å². The predicted octanol–water partition coefficient (Wildman–Crippen LogP) is 4.02. The first kappa shape index (κ1) is 17.4. The molecule has 0 aliphatic rings. The van der Waals surface area contributed by atoms with Crippen LogP contribution in [-0.2, 0) is 5.41 Å². The zero-order valence-electron chi connectivity index (χ0n) is 11.0. The minimum Gasteiger partial charge on any atom is -0.323 e. The molecule has 0 spiro atoms. The predicted molar refractivity (Wildman–Crippen MR) is 70.0 cm³/mol. The molecule has 0 N–H and O–H groups in total. The van der Waals surface area contributed by atoms with Gasteiger partial charge in [0.1, 0.15) is 0 Å². The van der Waals surface area contributed by atoms with Gasteiger partial charge < -0.3 is 5.92 Å². The van der Waals surface area contributed by atoms with Crippen molar-refractivity contribution >= 4 is 23.1 Å². The minimum absolute atomic E-state index is 0. The monoisotopic (exact) mass is 214 g/mol. The first-order valence-electron chi connectivity index (χ1n) is 5.08. The van der Waals surface area contributed by atoms with Gasteiger partial charge in [-0.3, -0.25) is 0 Å². The molecule has 0 aromatic heterocycles. The van der Waals surface area contributed by atoms with Crippen LogP contribution in [0, 0.1) is 12.0 Å². The van der Waals surface area contributed by atoms with Crippen molar-refractivity contribution in [1.82, 2.24) is 0 Å². The van der Waals surface area contributed by atoms with Crippen molar-refractivity contribution in [2.75, 3.05) is 0 Å². The molecule has 0 bridgehead atoms. The molecular weight excluding hydrogens is 192 g/mol. The molecule has 0 radical (unpaired) electrons. The smallest absolute Gasteiger partial charge is 0.323 e. The Labute approximate surface area is 112 Å². The number of rotatable bonds is 0. The van der Waals surface area contributed by atoms with E-state index in [1.54, 1.807) is 0 Å². The number of hydrogen-bond donors (Lipinski definition) is 0. The second kappa shape index (κ2) is 8.17. The average Bonchev–Trinajstić information content (AvgIpc) is 2.03. The van der Waals surface area contributed by atoms with E-state index < -0.39 is 0 Å². The minimum atomic E-state index is 0. The zero-order chi connectivity index (χ0) is 11.2. The molecule has 0 saturated heterocycles. The van der Waals surface area contributed by atoms with E-state index in [1.165, 1.54) is 11.5 Å². The summed E-state index contributed by atoms with van der Waals surface area (Å²) in [6, 6.07) is 11.3. The summed E-state index contributed by atoms with van der Waals surface area (Å²) in [4.78, 5) is 0. The third kappa shape index (κ3) is 10.3. The van der Waals surface area contributed by atoms with E-state index >= 15 is 0 Å². The van der Waals surface area contributed by atoms with Crippen LogP contribution >= 0.6 is 0 Å². The van der Waals surface area contributed by atoms with Gasteiger partial charge in [0.2, 0.25) is 0 Å². The third-order valence-electron chi connectivity index (χ3n) is 1.52. The fourth-order valence-corrected chi connectivity index (χ4v) is 0.860. The molecule has 0 aliphatic heterocycles. The van der Waals surface area contributed by atoms with Gasteiger partial charge >= 0.3 is 23.1 Å². The van der Waals surface area contributed by atoms with Crippen molar-refractivity contribution < 1.29 is 0 Å². The van der Waals surface area contributed by atoms with Crippen molar-refractivity contribution in [2.24, 2.45) is 0 Å². The van der Waals surface area contributed by atoms with Crippen LogP contribution in [0.2, 0.25) is 0 Å². The van der Waals surface area contributed by atoms with Crippen LogP contribution in [0.25, 0.3) is 0 Å². The molecule has 1 aromatic carbocycles. The number of benzene rings is 1. The molecule has 0 fully saturated rings. The standard InChI is InChI=1S/C10H13.C4H9.Mg/c1-10(2,3)9-7-5-4-6-8-9;1-4(2)3;/h4-7H,1-3H3;1-3H3;/q2*-1;+2. The summed E-state index contributed by atoms with van der Waals surface area (Å²) in [6.45, 7) is 12.8. The Morgan fingerprint density at radius 1 is 1.07 bits per heavy atom. The second-order valence-corrected chi connectivity index (χ2v) is 5.03. The Morgan fingerprint density at radius 3 is 1.73 bits per heavy atom. The van der Waals surface area contributed by atoms with Crippen LogP contribution in [0.1, 0.15) is 47.1 Å². The average molecular weight is 215 g/mol. The molecule has 1 rings (SSSR count). The number of hydrogen-bond acceptors (Lipinski definition) is 0. The molecule has 0 saturated carbocycles. The van der Waals surface area contributed by atoms with Crippen LogP contribution < -0.4 is 0 Å².